The molecule has 0 unspecified atom stereocenters. The highest BCUT2D eigenvalue weighted by Crippen LogP contribution is 2.16. The second kappa shape index (κ2) is 4.34. The van der Waals surface area contributed by atoms with Gasteiger partial charge in [-0.05, 0) is 11.6 Å². The minimum atomic E-state index is -0.598. The van der Waals surface area contributed by atoms with Crippen LogP contribution in [0.4, 0.5) is 0 Å². The number of hydrogen-bond acceptors (Lipinski definition) is 3. The van der Waals surface area contributed by atoms with Crippen LogP contribution in [0, 0.1) is 5.41 Å². The minimum absolute atomic E-state index is 0.143. The van der Waals surface area contributed by atoms with Crippen LogP contribution in [0.3, 0.4) is 0 Å². The van der Waals surface area contributed by atoms with E-state index in [9.17, 15) is 9.59 Å². The Kier molecular flexibility index (Phi) is 3.35. The minimum Gasteiger partial charge on any atom is -0.290 e. The van der Waals surface area contributed by atoms with Gasteiger partial charge in [-0.15, -0.1) is 0 Å². The summed E-state index contributed by atoms with van der Waals surface area (Å²) in [6, 6.07) is 3.55. The maximum absolute atomic E-state index is 11.6. The largest absolute Gasteiger partial charge is 0.290 e. The van der Waals surface area contributed by atoms with E-state index in [2.05, 4.69) is 4.98 Å². The molecule has 0 aromatic carbocycles. The molecule has 1 rings (SSSR count). The van der Waals surface area contributed by atoms with E-state index in [1.165, 1.54) is 0 Å². The summed E-state index contributed by atoms with van der Waals surface area (Å²) in [5.74, 6) is -0.679. The highest BCUT2D eigenvalue weighted by molar-refractivity contribution is 6.39. The van der Waals surface area contributed by atoms with Gasteiger partial charge in [-0.1, -0.05) is 26.8 Å². The van der Waals surface area contributed by atoms with Gasteiger partial charge in [0.1, 0.15) is 0 Å². The number of aromatic nitrogens is 1. The molecule has 3 heteroatoms. The Labute approximate surface area is 89.5 Å². The first-order chi connectivity index (χ1) is 6.91. The third kappa shape index (κ3) is 3.27. The molecule has 0 radical (unpaired) electrons. The van der Waals surface area contributed by atoms with Crippen LogP contribution in [0.5, 0.6) is 0 Å². The molecule has 0 aliphatic heterocycles. The molecule has 1 aromatic rings. The molecule has 0 N–H and O–H groups in total. The Morgan fingerprint density at radius 3 is 2.47 bits per heavy atom. The van der Waals surface area contributed by atoms with Crippen LogP contribution in [-0.2, 0) is 16.0 Å². The van der Waals surface area contributed by atoms with Gasteiger partial charge in [-0.2, -0.15) is 0 Å². The first kappa shape index (κ1) is 11.6. The topological polar surface area (TPSA) is 47.0 Å². The second-order valence-corrected chi connectivity index (χ2v) is 4.54. The Morgan fingerprint density at radius 1 is 1.33 bits per heavy atom. The summed E-state index contributed by atoms with van der Waals surface area (Å²) in [5, 5.41) is 0. The molecule has 0 aliphatic rings. The zero-order chi connectivity index (χ0) is 11.5. The van der Waals surface area contributed by atoms with Gasteiger partial charge < -0.3 is 0 Å². The number of hydrogen-bond donors (Lipinski definition) is 0. The van der Waals surface area contributed by atoms with Crippen molar-refractivity contribution in [3.8, 4) is 0 Å². The number of ketones is 2. The Morgan fingerprint density at radius 2 is 2.00 bits per heavy atom. The SMILES string of the molecule is CC(C)(C)C(=O)C(=O)Cc1cccnc1. The fraction of sp³-hybridized carbons (Fsp3) is 0.417. The van der Waals surface area contributed by atoms with Crippen molar-refractivity contribution in [1.82, 2.24) is 4.98 Å². The van der Waals surface area contributed by atoms with Gasteiger partial charge in [0.2, 0.25) is 11.6 Å². The molecule has 0 spiro atoms. The fourth-order valence-electron chi connectivity index (χ4n) is 1.19. The van der Waals surface area contributed by atoms with E-state index in [0.29, 0.717) is 0 Å². The summed E-state index contributed by atoms with van der Waals surface area (Å²) in [6.45, 7) is 5.24. The molecule has 1 heterocycles. The number of nitrogens with zero attached hydrogens (tertiary/aromatic N) is 1. The van der Waals surface area contributed by atoms with E-state index < -0.39 is 5.41 Å². The van der Waals surface area contributed by atoms with Crippen LogP contribution in [-0.4, -0.2) is 16.6 Å². The third-order valence-corrected chi connectivity index (χ3v) is 2.02. The Hall–Kier alpha value is -1.51. The molecular weight excluding hydrogens is 190 g/mol. The maximum Gasteiger partial charge on any atom is 0.204 e. The van der Waals surface area contributed by atoms with Crippen molar-refractivity contribution in [3.05, 3.63) is 30.1 Å². The zero-order valence-corrected chi connectivity index (χ0v) is 9.28. The van der Waals surface area contributed by atoms with Crippen LogP contribution in [0.1, 0.15) is 26.3 Å². The molecule has 0 bridgehead atoms. The second-order valence-electron chi connectivity index (χ2n) is 4.54. The zero-order valence-electron chi connectivity index (χ0n) is 9.28. The molecule has 0 atom stereocenters. The molecule has 0 saturated heterocycles. The van der Waals surface area contributed by atoms with E-state index in [1.54, 1.807) is 45.3 Å². The number of carbonyl (C=O) groups is 2. The summed E-state index contributed by atoms with van der Waals surface area (Å²) in [4.78, 5) is 27.1. The number of pyridine rings is 1. The molecule has 0 amide bonds. The summed E-state index contributed by atoms with van der Waals surface area (Å²) < 4.78 is 0. The van der Waals surface area contributed by atoms with Crippen molar-refractivity contribution < 1.29 is 9.59 Å². The van der Waals surface area contributed by atoms with Crippen LogP contribution >= 0.6 is 0 Å². The molecule has 15 heavy (non-hydrogen) atoms. The number of carbonyl (C=O) groups excluding carboxylic acids is 2. The van der Waals surface area contributed by atoms with Crippen molar-refractivity contribution in [2.75, 3.05) is 0 Å². The lowest BCUT2D eigenvalue weighted by atomic mass is 9.87. The van der Waals surface area contributed by atoms with Crippen molar-refractivity contribution in [3.63, 3.8) is 0 Å². The standard InChI is InChI=1S/C12H15NO2/c1-12(2,3)11(15)10(14)7-9-5-4-6-13-8-9/h4-6,8H,7H2,1-3H3. The van der Waals surface area contributed by atoms with Crippen molar-refractivity contribution in [2.24, 2.45) is 5.41 Å². The van der Waals surface area contributed by atoms with Crippen molar-refractivity contribution in [2.45, 2.75) is 27.2 Å². The predicted octanol–water partition coefficient (Wildman–Crippen LogP) is 1.81. The Balaban J connectivity index is 2.69. The summed E-state index contributed by atoms with van der Waals surface area (Å²) in [6.07, 6.45) is 3.39. The Bertz CT molecular complexity index is 363. The quantitative estimate of drug-likeness (QED) is 0.707. The monoisotopic (exact) mass is 205 g/mol. The highest BCUT2D eigenvalue weighted by atomic mass is 16.2. The van der Waals surface area contributed by atoms with E-state index in [1.807, 2.05) is 0 Å². The van der Waals surface area contributed by atoms with Crippen LogP contribution in [0.15, 0.2) is 24.5 Å². The summed E-state index contributed by atoms with van der Waals surface area (Å²) in [7, 11) is 0. The van der Waals surface area contributed by atoms with Crippen LogP contribution < -0.4 is 0 Å². The first-order valence-corrected chi connectivity index (χ1v) is 4.88. The predicted molar refractivity (Wildman–Crippen MR) is 57.4 cm³/mol. The van der Waals surface area contributed by atoms with Gasteiger partial charge in [0.15, 0.2) is 0 Å². The van der Waals surface area contributed by atoms with Gasteiger partial charge in [0.25, 0.3) is 0 Å². The van der Waals surface area contributed by atoms with E-state index in [0.717, 1.165) is 5.56 Å². The number of Topliss-reactive ketones (excluding diaryl/α,β-unsaturated/α-hetero) is 2. The van der Waals surface area contributed by atoms with Gasteiger partial charge in [-0.25, -0.2) is 0 Å². The average Bonchev–Trinajstić information content (AvgIpc) is 2.16. The third-order valence-electron chi connectivity index (χ3n) is 2.02. The van der Waals surface area contributed by atoms with Gasteiger partial charge in [-0.3, -0.25) is 14.6 Å². The molecule has 0 fully saturated rings. The van der Waals surface area contributed by atoms with E-state index in [-0.39, 0.29) is 18.0 Å². The van der Waals surface area contributed by atoms with Gasteiger partial charge >= 0.3 is 0 Å². The maximum atomic E-state index is 11.6. The van der Waals surface area contributed by atoms with E-state index >= 15 is 0 Å². The lowest BCUT2D eigenvalue weighted by molar-refractivity contribution is -0.140. The van der Waals surface area contributed by atoms with Crippen LogP contribution in [0.2, 0.25) is 0 Å². The van der Waals surface area contributed by atoms with Crippen molar-refractivity contribution >= 4 is 11.6 Å². The molecule has 0 aliphatic carbocycles. The highest BCUT2D eigenvalue weighted by Gasteiger charge is 2.27. The fourth-order valence-corrected chi connectivity index (χ4v) is 1.19. The molecule has 3 nitrogen and oxygen atoms in total. The van der Waals surface area contributed by atoms with Crippen LogP contribution in [0.25, 0.3) is 0 Å². The van der Waals surface area contributed by atoms with Crippen molar-refractivity contribution in [1.29, 1.82) is 0 Å². The lowest BCUT2D eigenvalue weighted by Gasteiger charge is -2.14. The average molecular weight is 205 g/mol. The smallest absolute Gasteiger partial charge is 0.204 e. The molecule has 80 valence electrons. The van der Waals surface area contributed by atoms with Gasteiger partial charge in [0, 0.05) is 24.2 Å². The number of rotatable bonds is 3. The van der Waals surface area contributed by atoms with E-state index in [4.69, 9.17) is 0 Å². The normalized spacial score (nSPS) is 11.1. The lowest BCUT2D eigenvalue weighted by Crippen LogP contribution is -2.29. The first-order valence-electron chi connectivity index (χ1n) is 4.88. The summed E-state index contributed by atoms with van der Waals surface area (Å²) >= 11 is 0. The molecule has 0 saturated carbocycles. The molecule has 1 aromatic heterocycles. The summed E-state index contributed by atoms with van der Waals surface area (Å²) in [5.41, 5.74) is 0.180. The van der Waals surface area contributed by atoms with Gasteiger partial charge in [0.05, 0.1) is 0 Å². The molecular formula is C12H15NO2.